The van der Waals surface area contributed by atoms with Gasteiger partial charge >= 0.3 is 0 Å². The molecule has 1 saturated heterocycles. The van der Waals surface area contributed by atoms with Gasteiger partial charge in [0.2, 0.25) is 0 Å². The molecule has 1 unspecified atom stereocenters. The minimum atomic E-state index is 0.152. The quantitative estimate of drug-likeness (QED) is 0.779. The minimum Gasteiger partial charge on any atom is -0.338 e. The number of likely N-dealkylation sites (tertiary alicyclic amines) is 1. The number of halogens is 2. The summed E-state index contributed by atoms with van der Waals surface area (Å²) in [5.74, 6) is 1.43. The zero-order valence-electron chi connectivity index (χ0n) is 8.79. The van der Waals surface area contributed by atoms with E-state index >= 15 is 0 Å². The second kappa shape index (κ2) is 5.52. The number of nitrogens with zero attached hydrogens (tertiary/aromatic N) is 1. The zero-order valence-corrected chi connectivity index (χ0v) is 11.9. The largest absolute Gasteiger partial charge is 0.338 e. The first-order valence-corrected chi connectivity index (χ1v) is 7.51. The first-order valence-electron chi connectivity index (χ1n) is 5.30. The fourth-order valence-corrected chi connectivity index (χ4v) is 3.81. The lowest BCUT2D eigenvalue weighted by molar-refractivity contribution is 0.0791. The SMILES string of the molecule is O=C(c1sccc1Br)N1CCC(CCCl)C1. The van der Waals surface area contributed by atoms with Crippen molar-refractivity contribution in [3.05, 3.63) is 20.8 Å². The lowest BCUT2D eigenvalue weighted by Crippen LogP contribution is -2.28. The van der Waals surface area contributed by atoms with E-state index in [1.807, 2.05) is 16.3 Å². The summed E-state index contributed by atoms with van der Waals surface area (Å²) in [5, 5.41) is 1.93. The van der Waals surface area contributed by atoms with Gasteiger partial charge in [-0.15, -0.1) is 22.9 Å². The molecule has 0 saturated carbocycles. The molecule has 0 N–H and O–H groups in total. The molecule has 0 bridgehead atoms. The molecule has 1 aromatic rings. The van der Waals surface area contributed by atoms with Crippen LogP contribution in [0.25, 0.3) is 0 Å². The smallest absolute Gasteiger partial charge is 0.265 e. The number of carbonyl (C=O) groups excluding carboxylic acids is 1. The molecule has 1 aliphatic rings. The molecule has 0 radical (unpaired) electrons. The van der Waals surface area contributed by atoms with E-state index in [0.717, 1.165) is 35.3 Å². The van der Waals surface area contributed by atoms with Crippen molar-refractivity contribution in [3.8, 4) is 0 Å². The first kappa shape index (κ1) is 12.4. The van der Waals surface area contributed by atoms with Gasteiger partial charge in [-0.1, -0.05) is 0 Å². The molecule has 88 valence electrons. The van der Waals surface area contributed by atoms with Gasteiger partial charge in [0.15, 0.2) is 0 Å². The number of carbonyl (C=O) groups is 1. The van der Waals surface area contributed by atoms with Crippen molar-refractivity contribution in [1.29, 1.82) is 0 Å². The van der Waals surface area contributed by atoms with Gasteiger partial charge in [-0.25, -0.2) is 0 Å². The maximum atomic E-state index is 12.2. The summed E-state index contributed by atoms with van der Waals surface area (Å²) in [5.41, 5.74) is 0. The van der Waals surface area contributed by atoms with E-state index in [1.54, 1.807) is 0 Å². The molecule has 16 heavy (non-hydrogen) atoms. The Kier molecular flexibility index (Phi) is 4.27. The predicted octanol–water partition coefficient (Wildman–Crippen LogP) is 3.60. The molecular formula is C11H13BrClNOS. The third kappa shape index (κ3) is 2.60. The summed E-state index contributed by atoms with van der Waals surface area (Å²) in [6.07, 6.45) is 2.10. The Balaban J connectivity index is 2.00. The van der Waals surface area contributed by atoms with Crippen LogP contribution < -0.4 is 0 Å². The normalized spacial score (nSPS) is 20.4. The van der Waals surface area contributed by atoms with Crippen molar-refractivity contribution >= 4 is 44.8 Å². The van der Waals surface area contributed by atoms with Gasteiger partial charge in [-0.3, -0.25) is 4.79 Å². The average molecular weight is 323 g/mol. The lowest BCUT2D eigenvalue weighted by Gasteiger charge is -2.15. The summed E-state index contributed by atoms with van der Waals surface area (Å²) in [4.78, 5) is 14.9. The van der Waals surface area contributed by atoms with Crippen molar-refractivity contribution < 1.29 is 4.79 Å². The summed E-state index contributed by atoms with van der Waals surface area (Å²) in [6, 6.07) is 1.92. The highest BCUT2D eigenvalue weighted by molar-refractivity contribution is 9.10. The fraction of sp³-hybridized carbons (Fsp3) is 0.545. The minimum absolute atomic E-state index is 0.152. The van der Waals surface area contributed by atoms with Gasteiger partial charge in [0, 0.05) is 23.4 Å². The summed E-state index contributed by atoms with van der Waals surface area (Å²) >= 11 is 10.6. The monoisotopic (exact) mass is 321 g/mol. The molecule has 0 spiro atoms. The van der Waals surface area contributed by atoms with Crippen LogP contribution in [0.4, 0.5) is 0 Å². The van der Waals surface area contributed by atoms with Crippen molar-refractivity contribution in [2.45, 2.75) is 12.8 Å². The van der Waals surface area contributed by atoms with E-state index in [9.17, 15) is 4.79 Å². The van der Waals surface area contributed by atoms with Crippen LogP contribution in [0.2, 0.25) is 0 Å². The Morgan fingerprint density at radius 2 is 2.50 bits per heavy atom. The van der Waals surface area contributed by atoms with Crippen molar-refractivity contribution in [2.24, 2.45) is 5.92 Å². The second-order valence-corrected chi connectivity index (χ2v) is 6.13. The third-order valence-corrected chi connectivity index (χ3v) is 4.95. The number of thiophene rings is 1. The summed E-state index contributed by atoms with van der Waals surface area (Å²) < 4.78 is 0.906. The number of rotatable bonds is 3. The van der Waals surface area contributed by atoms with Crippen LogP contribution in [0.3, 0.4) is 0 Å². The lowest BCUT2D eigenvalue weighted by atomic mass is 10.1. The van der Waals surface area contributed by atoms with Gasteiger partial charge < -0.3 is 4.90 Å². The van der Waals surface area contributed by atoms with Gasteiger partial charge in [0.05, 0.1) is 0 Å². The van der Waals surface area contributed by atoms with Crippen LogP contribution in [0.1, 0.15) is 22.5 Å². The Morgan fingerprint density at radius 1 is 1.69 bits per heavy atom. The van der Waals surface area contributed by atoms with Crippen molar-refractivity contribution in [2.75, 3.05) is 19.0 Å². The van der Waals surface area contributed by atoms with E-state index < -0.39 is 0 Å². The van der Waals surface area contributed by atoms with Gasteiger partial charge in [0.1, 0.15) is 4.88 Å². The molecule has 1 fully saturated rings. The number of amides is 1. The van der Waals surface area contributed by atoms with E-state index in [2.05, 4.69) is 15.9 Å². The number of hydrogen-bond donors (Lipinski definition) is 0. The molecule has 2 heterocycles. The maximum absolute atomic E-state index is 12.2. The highest BCUT2D eigenvalue weighted by Crippen LogP contribution is 2.27. The van der Waals surface area contributed by atoms with Crippen LogP contribution in [-0.2, 0) is 0 Å². The third-order valence-electron chi connectivity index (χ3n) is 2.90. The van der Waals surface area contributed by atoms with Gasteiger partial charge in [-0.2, -0.15) is 0 Å². The van der Waals surface area contributed by atoms with E-state index in [-0.39, 0.29) is 5.91 Å². The molecule has 2 nitrogen and oxygen atoms in total. The summed E-state index contributed by atoms with van der Waals surface area (Å²) in [7, 11) is 0. The highest BCUT2D eigenvalue weighted by Gasteiger charge is 2.27. The molecule has 1 atom stereocenters. The Bertz CT molecular complexity index is 382. The summed E-state index contributed by atoms with van der Waals surface area (Å²) in [6.45, 7) is 1.72. The molecule has 1 aliphatic heterocycles. The molecule has 2 rings (SSSR count). The predicted molar refractivity (Wildman–Crippen MR) is 71.4 cm³/mol. The molecule has 0 aromatic carbocycles. The van der Waals surface area contributed by atoms with E-state index in [4.69, 9.17) is 11.6 Å². The van der Waals surface area contributed by atoms with Gasteiger partial charge in [-0.05, 0) is 46.1 Å². The second-order valence-electron chi connectivity index (χ2n) is 3.98. The fourth-order valence-electron chi connectivity index (χ4n) is 2.00. The molecule has 1 aromatic heterocycles. The molecule has 0 aliphatic carbocycles. The van der Waals surface area contributed by atoms with Crippen LogP contribution in [-0.4, -0.2) is 29.8 Å². The maximum Gasteiger partial charge on any atom is 0.265 e. The zero-order chi connectivity index (χ0) is 11.5. The highest BCUT2D eigenvalue weighted by atomic mass is 79.9. The van der Waals surface area contributed by atoms with Crippen molar-refractivity contribution in [3.63, 3.8) is 0 Å². The average Bonchev–Trinajstić information content (AvgIpc) is 2.87. The topological polar surface area (TPSA) is 20.3 Å². The number of hydrogen-bond acceptors (Lipinski definition) is 2. The van der Waals surface area contributed by atoms with Crippen LogP contribution in [0.15, 0.2) is 15.9 Å². The Hall–Kier alpha value is -0.0600. The number of alkyl halides is 1. The first-order chi connectivity index (χ1) is 7.72. The molecule has 1 amide bonds. The Labute approximate surface area is 113 Å². The Morgan fingerprint density at radius 3 is 3.12 bits per heavy atom. The van der Waals surface area contributed by atoms with Crippen LogP contribution in [0, 0.1) is 5.92 Å². The molecular weight excluding hydrogens is 310 g/mol. The van der Waals surface area contributed by atoms with E-state index in [1.165, 1.54) is 11.3 Å². The van der Waals surface area contributed by atoms with Crippen LogP contribution >= 0.6 is 38.9 Å². The standard InChI is InChI=1S/C11H13BrClNOS/c12-9-3-6-16-10(9)11(15)14-5-2-8(7-14)1-4-13/h3,6,8H,1-2,4-5,7H2. The van der Waals surface area contributed by atoms with Gasteiger partial charge in [0.25, 0.3) is 5.91 Å². The van der Waals surface area contributed by atoms with Crippen molar-refractivity contribution in [1.82, 2.24) is 4.90 Å². The van der Waals surface area contributed by atoms with E-state index in [0.29, 0.717) is 11.8 Å². The molecule has 5 heteroatoms. The van der Waals surface area contributed by atoms with Crippen LogP contribution in [0.5, 0.6) is 0 Å².